The fourth-order valence-corrected chi connectivity index (χ4v) is 1.68. The first kappa shape index (κ1) is 15.0. The Kier molecular flexibility index (Phi) is 5.35. The number of hydrazine groups is 1. The standard InChI is InChI=1S/C12H18N2O5/c1-4-9-7-8-10(15)14(12(17)19-6-3)13(9)11(16)18-5-2/h7-9H,4-6H2,1-3H3/t9-/m1/s1. The number of hydrogen-bond donors (Lipinski definition) is 0. The summed E-state index contributed by atoms with van der Waals surface area (Å²) < 4.78 is 9.66. The van der Waals surface area contributed by atoms with Crippen LogP contribution in [0.1, 0.15) is 27.2 Å². The van der Waals surface area contributed by atoms with Gasteiger partial charge >= 0.3 is 12.2 Å². The first-order valence-corrected chi connectivity index (χ1v) is 6.21. The fraction of sp³-hybridized carbons (Fsp3) is 0.583. The van der Waals surface area contributed by atoms with E-state index in [0.29, 0.717) is 11.4 Å². The minimum absolute atomic E-state index is 0.111. The molecule has 0 unspecified atom stereocenters. The van der Waals surface area contributed by atoms with Crippen molar-refractivity contribution in [1.29, 1.82) is 0 Å². The highest BCUT2D eigenvalue weighted by Gasteiger charge is 2.39. The average Bonchev–Trinajstić information content (AvgIpc) is 2.38. The monoisotopic (exact) mass is 270 g/mol. The van der Waals surface area contributed by atoms with Gasteiger partial charge in [0.25, 0.3) is 5.91 Å². The number of rotatable bonds is 3. The van der Waals surface area contributed by atoms with Crippen molar-refractivity contribution in [2.75, 3.05) is 13.2 Å². The summed E-state index contributed by atoms with van der Waals surface area (Å²) in [6.07, 6.45) is 1.72. The van der Waals surface area contributed by atoms with Gasteiger partial charge in [-0.2, -0.15) is 5.01 Å². The molecule has 0 N–H and O–H groups in total. The zero-order valence-electron chi connectivity index (χ0n) is 11.3. The normalized spacial score (nSPS) is 18.5. The molecule has 0 spiro atoms. The van der Waals surface area contributed by atoms with Crippen molar-refractivity contribution in [3.8, 4) is 0 Å². The second kappa shape index (κ2) is 6.77. The summed E-state index contributed by atoms with van der Waals surface area (Å²) in [4.78, 5) is 35.5. The lowest BCUT2D eigenvalue weighted by Gasteiger charge is -2.37. The molecule has 19 heavy (non-hydrogen) atoms. The topological polar surface area (TPSA) is 76.2 Å². The Labute approximate surface area is 111 Å². The molecule has 0 aromatic heterocycles. The van der Waals surface area contributed by atoms with Gasteiger partial charge in [-0.3, -0.25) is 4.79 Å². The van der Waals surface area contributed by atoms with Crippen LogP contribution in [0.25, 0.3) is 0 Å². The molecule has 0 aliphatic carbocycles. The third-order valence-corrected chi connectivity index (χ3v) is 2.51. The Hall–Kier alpha value is -2.05. The van der Waals surface area contributed by atoms with Crippen molar-refractivity contribution < 1.29 is 23.9 Å². The van der Waals surface area contributed by atoms with E-state index >= 15 is 0 Å². The van der Waals surface area contributed by atoms with Crippen LogP contribution in [0.3, 0.4) is 0 Å². The summed E-state index contributed by atoms with van der Waals surface area (Å²) in [5.74, 6) is -0.629. The van der Waals surface area contributed by atoms with E-state index in [1.165, 1.54) is 6.08 Å². The molecule has 7 heteroatoms. The first-order chi connectivity index (χ1) is 9.06. The highest BCUT2D eigenvalue weighted by atomic mass is 16.6. The van der Waals surface area contributed by atoms with Crippen LogP contribution in [0.5, 0.6) is 0 Å². The molecule has 1 aliphatic heterocycles. The molecule has 0 aromatic carbocycles. The van der Waals surface area contributed by atoms with E-state index in [1.54, 1.807) is 19.9 Å². The van der Waals surface area contributed by atoms with Crippen LogP contribution in [0.2, 0.25) is 0 Å². The van der Waals surface area contributed by atoms with Gasteiger partial charge in [0.1, 0.15) is 0 Å². The van der Waals surface area contributed by atoms with Crippen LogP contribution >= 0.6 is 0 Å². The minimum Gasteiger partial charge on any atom is -0.448 e. The quantitative estimate of drug-likeness (QED) is 0.780. The van der Waals surface area contributed by atoms with Crippen molar-refractivity contribution >= 4 is 18.1 Å². The van der Waals surface area contributed by atoms with Crippen molar-refractivity contribution in [2.24, 2.45) is 0 Å². The zero-order chi connectivity index (χ0) is 14.4. The Morgan fingerprint density at radius 3 is 2.26 bits per heavy atom. The molecule has 0 saturated carbocycles. The zero-order valence-corrected chi connectivity index (χ0v) is 11.3. The smallest absolute Gasteiger partial charge is 0.436 e. The van der Waals surface area contributed by atoms with E-state index in [4.69, 9.17) is 9.47 Å². The van der Waals surface area contributed by atoms with Gasteiger partial charge in [-0.25, -0.2) is 9.59 Å². The molecule has 0 aromatic rings. The average molecular weight is 270 g/mol. The molecular formula is C12H18N2O5. The van der Waals surface area contributed by atoms with Gasteiger partial charge in [0.15, 0.2) is 0 Å². The van der Waals surface area contributed by atoms with Gasteiger partial charge < -0.3 is 9.47 Å². The molecular weight excluding hydrogens is 252 g/mol. The Morgan fingerprint density at radius 1 is 1.16 bits per heavy atom. The molecule has 7 nitrogen and oxygen atoms in total. The lowest BCUT2D eigenvalue weighted by Crippen LogP contribution is -2.58. The minimum atomic E-state index is -0.886. The molecule has 0 bridgehead atoms. The van der Waals surface area contributed by atoms with Gasteiger partial charge in [-0.05, 0) is 20.3 Å². The van der Waals surface area contributed by atoms with Crippen LogP contribution in [-0.4, -0.2) is 47.4 Å². The summed E-state index contributed by atoms with van der Waals surface area (Å²) in [5, 5.41) is 1.67. The highest BCUT2D eigenvalue weighted by Crippen LogP contribution is 2.18. The fourth-order valence-electron chi connectivity index (χ4n) is 1.68. The molecule has 1 atom stereocenters. The Bertz CT molecular complexity index is 394. The van der Waals surface area contributed by atoms with Crippen molar-refractivity contribution in [2.45, 2.75) is 33.2 Å². The van der Waals surface area contributed by atoms with E-state index in [0.717, 1.165) is 5.01 Å². The summed E-state index contributed by atoms with van der Waals surface area (Å²) in [7, 11) is 0. The maximum atomic E-state index is 11.9. The molecule has 0 saturated heterocycles. The molecule has 0 radical (unpaired) electrons. The molecule has 0 fully saturated rings. The summed E-state index contributed by atoms with van der Waals surface area (Å²) in [6, 6.07) is -0.416. The maximum absolute atomic E-state index is 11.9. The van der Waals surface area contributed by atoms with Crippen molar-refractivity contribution in [3.05, 3.63) is 12.2 Å². The van der Waals surface area contributed by atoms with Crippen LogP contribution in [-0.2, 0) is 14.3 Å². The van der Waals surface area contributed by atoms with Gasteiger partial charge in [0, 0.05) is 6.08 Å². The van der Waals surface area contributed by atoms with Crippen LogP contribution < -0.4 is 0 Å². The van der Waals surface area contributed by atoms with Gasteiger partial charge in [0.05, 0.1) is 19.3 Å². The van der Waals surface area contributed by atoms with Crippen molar-refractivity contribution in [1.82, 2.24) is 10.0 Å². The molecule has 1 aliphatic rings. The largest absolute Gasteiger partial charge is 0.448 e. The predicted molar refractivity (Wildman–Crippen MR) is 65.9 cm³/mol. The molecule has 106 valence electrons. The molecule has 1 rings (SSSR count). The van der Waals surface area contributed by atoms with E-state index in [1.807, 2.05) is 6.92 Å². The lowest BCUT2D eigenvalue weighted by atomic mass is 10.1. The number of nitrogens with zero attached hydrogens (tertiary/aromatic N) is 2. The molecule has 3 amide bonds. The SMILES string of the molecule is CCOC(=O)N1C(=O)C=C[C@@H](CC)N1C(=O)OCC. The van der Waals surface area contributed by atoms with E-state index in [2.05, 4.69) is 0 Å². The third-order valence-electron chi connectivity index (χ3n) is 2.51. The van der Waals surface area contributed by atoms with Gasteiger partial charge in [-0.15, -0.1) is 5.01 Å². The van der Waals surface area contributed by atoms with Crippen molar-refractivity contribution in [3.63, 3.8) is 0 Å². The molecule has 1 heterocycles. The van der Waals surface area contributed by atoms with E-state index < -0.39 is 24.1 Å². The highest BCUT2D eigenvalue weighted by molar-refractivity contribution is 6.00. The second-order valence-electron chi connectivity index (χ2n) is 3.73. The lowest BCUT2D eigenvalue weighted by molar-refractivity contribution is -0.140. The summed E-state index contributed by atoms with van der Waals surface area (Å²) >= 11 is 0. The van der Waals surface area contributed by atoms with E-state index in [9.17, 15) is 14.4 Å². The maximum Gasteiger partial charge on any atom is 0.436 e. The number of amides is 3. The number of imide groups is 1. The van der Waals surface area contributed by atoms with Crippen LogP contribution in [0.15, 0.2) is 12.2 Å². The van der Waals surface area contributed by atoms with Crippen LogP contribution in [0.4, 0.5) is 9.59 Å². The summed E-state index contributed by atoms with van der Waals surface area (Å²) in [6.45, 7) is 5.36. The summed E-state index contributed by atoms with van der Waals surface area (Å²) in [5.41, 5.74) is 0. The van der Waals surface area contributed by atoms with Crippen LogP contribution in [0, 0.1) is 0 Å². The first-order valence-electron chi connectivity index (χ1n) is 6.21. The van der Waals surface area contributed by atoms with Gasteiger partial charge in [0.2, 0.25) is 0 Å². The number of carbonyl (C=O) groups excluding carboxylic acids is 3. The van der Waals surface area contributed by atoms with E-state index in [-0.39, 0.29) is 13.2 Å². The number of hydrogen-bond acceptors (Lipinski definition) is 5. The predicted octanol–water partition coefficient (Wildman–Crippen LogP) is 1.69. The Morgan fingerprint density at radius 2 is 1.74 bits per heavy atom. The number of ether oxygens (including phenoxy) is 2. The second-order valence-corrected chi connectivity index (χ2v) is 3.73. The third kappa shape index (κ3) is 3.24. The Balaban J connectivity index is 3.05. The number of carbonyl (C=O) groups is 3. The van der Waals surface area contributed by atoms with Gasteiger partial charge in [-0.1, -0.05) is 13.0 Å².